The van der Waals surface area contributed by atoms with E-state index in [1.807, 2.05) is 91.3 Å². The maximum absolute atomic E-state index is 13.1. The Labute approximate surface area is 327 Å². The molecule has 1 aliphatic carbocycles. The van der Waals surface area contributed by atoms with Crippen molar-refractivity contribution in [2.45, 2.75) is 29.7 Å². The third-order valence-corrected chi connectivity index (χ3v) is 12.9. The zero-order valence-electron chi connectivity index (χ0n) is 29.0. The van der Waals surface area contributed by atoms with E-state index >= 15 is 0 Å². The van der Waals surface area contributed by atoms with Crippen LogP contribution in [0.25, 0.3) is 32.7 Å². The van der Waals surface area contributed by atoms with Gasteiger partial charge in [0, 0.05) is 86.9 Å². The third kappa shape index (κ3) is 4.62. The highest BCUT2D eigenvalue weighted by Crippen LogP contribution is 2.60. The zero-order valence-corrected chi connectivity index (χ0v) is 32.2. The highest BCUT2D eigenvalue weighted by atomic mass is 79.9. The standard InChI is InChI=1S/2C21H16BrN3O2.H2/c1-25-20(26)16-14-10-4-2-3-5-12(10)23-18(14)19-15(17(16)21(25)27)11-8-9(22)6-7-13(11)24-19;1-25-20(26)18(14-9-23-16-5-3-2-4-12(14)16)19(21(25)27)15-10-24-17-7-6-11(22)8-13(15)17;/h2-8,14,16-18,23-24H,1H3;2-10,18-19,23-24H,1H3;1H/i;;1+1. The van der Waals surface area contributed by atoms with E-state index in [2.05, 4.69) is 58.2 Å². The number of aromatic amines is 3. The molecule has 54 heavy (non-hydrogen) atoms. The Hall–Kier alpha value is -5.46. The molecular formula is C42H34Br2N6O4. The number of aromatic nitrogens is 3. The molecule has 6 unspecified atom stereocenters. The van der Waals surface area contributed by atoms with Crippen molar-refractivity contribution in [2.24, 2.45) is 5.92 Å². The molecule has 4 aromatic carbocycles. The molecule has 11 rings (SSSR count). The van der Waals surface area contributed by atoms with Gasteiger partial charge in [-0.15, -0.1) is 0 Å². The molecule has 0 radical (unpaired) electrons. The van der Waals surface area contributed by atoms with Crippen LogP contribution in [0.1, 0.15) is 59.1 Å². The Morgan fingerprint density at radius 2 is 1.15 bits per heavy atom. The maximum atomic E-state index is 13.1. The van der Waals surface area contributed by atoms with Crippen molar-refractivity contribution < 1.29 is 20.6 Å². The van der Waals surface area contributed by atoms with Gasteiger partial charge in [-0.1, -0.05) is 68.3 Å². The van der Waals surface area contributed by atoms with E-state index in [9.17, 15) is 19.2 Å². The number of likely N-dealkylation sites (tertiary alicyclic amines) is 2. The number of carbonyl (C=O) groups excluding carboxylic acids is 4. The first-order valence-corrected chi connectivity index (χ1v) is 19.3. The van der Waals surface area contributed by atoms with E-state index in [0.29, 0.717) is 0 Å². The fraction of sp³-hybridized carbons (Fsp3) is 0.190. The molecule has 4 aliphatic rings. The molecule has 7 aromatic rings. The number of para-hydroxylation sites is 2. The van der Waals surface area contributed by atoms with Crippen LogP contribution in [0, 0.1) is 5.92 Å². The van der Waals surface area contributed by atoms with Crippen LogP contribution in [0.2, 0.25) is 0 Å². The second-order valence-corrected chi connectivity index (χ2v) is 16.4. The minimum atomic E-state index is -0.551. The summed E-state index contributed by atoms with van der Waals surface area (Å²) < 4.78 is 1.90. The van der Waals surface area contributed by atoms with E-state index < -0.39 is 17.8 Å². The number of rotatable bonds is 2. The number of fused-ring (bicyclic) bond motifs is 12. The molecule has 0 bridgehead atoms. The normalized spacial score (nSPS) is 24.1. The molecule has 2 fully saturated rings. The lowest BCUT2D eigenvalue weighted by molar-refractivity contribution is -0.139. The Morgan fingerprint density at radius 3 is 1.89 bits per heavy atom. The number of H-pyrrole nitrogens is 3. The summed E-state index contributed by atoms with van der Waals surface area (Å²) in [6.45, 7) is 0. The van der Waals surface area contributed by atoms with Gasteiger partial charge >= 0.3 is 0 Å². The van der Waals surface area contributed by atoms with Crippen LogP contribution in [0.5, 0.6) is 0 Å². The minimum absolute atomic E-state index is 0. The molecule has 0 saturated carbocycles. The molecule has 10 nitrogen and oxygen atoms in total. The maximum Gasteiger partial charge on any atom is 0.237 e. The highest BCUT2D eigenvalue weighted by Gasteiger charge is 2.59. The number of hydrogen-bond acceptors (Lipinski definition) is 5. The van der Waals surface area contributed by atoms with Crippen molar-refractivity contribution in [3.63, 3.8) is 0 Å². The summed E-state index contributed by atoms with van der Waals surface area (Å²) in [7, 11) is 3.17. The first-order chi connectivity index (χ1) is 26.1. The summed E-state index contributed by atoms with van der Waals surface area (Å²) in [5, 5.41) is 6.55. The average Bonchev–Trinajstić information content (AvgIpc) is 4.02. The SMILES string of the molecule is CN1C(=O)C(c2c[nH]c3ccccc23)C(c2c[nH]c3ccc(Br)cc23)C1=O.CN1C(=O)C2c3c([nH]c4ccc(Br)cc34)C3Nc4ccccc4C3C2C1=O.[2HH]. The lowest BCUT2D eigenvalue weighted by Crippen LogP contribution is -2.33. The minimum Gasteiger partial charge on any atom is -0.376 e. The fourth-order valence-corrected chi connectivity index (χ4v) is 10.2. The van der Waals surface area contributed by atoms with Gasteiger partial charge in [0.2, 0.25) is 23.6 Å². The van der Waals surface area contributed by atoms with Crippen LogP contribution in [-0.4, -0.2) is 62.5 Å². The number of carbonyl (C=O) groups is 4. The van der Waals surface area contributed by atoms with Crippen LogP contribution >= 0.6 is 31.9 Å². The fourth-order valence-electron chi connectivity index (χ4n) is 9.45. The monoisotopic (exact) mass is 845 g/mol. The van der Waals surface area contributed by atoms with Gasteiger partial charge in [-0.25, -0.2) is 0 Å². The molecule has 2 saturated heterocycles. The van der Waals surface area contributed by atoms with Crippen molar-refractivity contribution in [1.82, 2.24) is 24.8 Å². The van der Waals surface area contributed by atoms with Crippen molar-refractivity contribution in [3.8, 4) is 0 Å². The topological polar surface area (TPSA) is 134 Å². The van der Waals surface area contributed by atoms with Gasteiger partial charge in [0.15, 0.2) is 0 Å². The smallest absolute Gasteiger partial charge is 0.237 e. The van der Waals surface area contributed by atoms with Crippen LogP contribution in [0.3, 0.4) is 0 Å². The van der Waals surface area contributed by atoms with Gasteiger partial charge in [-0.2, -0.15) is 0 Å². The Balaban J connectivity index is 0.000000142. The van der Waals surface area contributed by atoms with Crippen molar-refractivity contribution in [2.75, 3.05) is 19.4 Å². The van der Waals surface area contributed by atoms with Crippen molar-refractivity contribution >= 4 is 93.9 Å². The number of anilines is 1. The molecule has 0 spiro atoms. The Morgan fingerprint density at radius 1 is 0.574 bits per heavy atom. The van der Waals surface area contributed by atoms with Gasteiger partial charge in [-0.05, 0) is 70.8 Å². The van der Waals surface area contributed by atoms with E-state index in [-0.39, 0.29) is 42.9 Å². The zero-order chi connectivity index (χ0) is 37.2. The van der Waals surface area contributed by atoms with E-state index in [4.69, 9.17) is 0 Å². The number of benzene rings is 4. The van der Waals surface area contributed by atoms with Gasteiger partial charge < -0.3 is 20.3 Å². The predicted octanol–water partition coefficient (Wildman–Crippen LogP) is 8.42. The molecular weight excluding hydrogens is 812 g/mol. The lowest BCUT2D eigenvalue weighted by Gasteiger charge is -2.33. The van der Waals surface area contributed by atoms with Crippen LogP contribution in [0.4, 0.5) is 5.69 Å². The van der Waals surface area contributed by atoms with Gasteiger partial charge in [-0.3, -0.25) is 29.0 Å². The number of halogens is 2. The molecule has 3 aromatic heterocycles. The summed E-state index contributed by atoms with van der Waals surface area (Å²) in [4.78, 5) is 64.9. The second-order valence-electron chi connectivity index (χ2n) is 14.5. The number of nitrogens with one attached hydrogen (secondary N) is 4. The van der Waals surface area contributed by atoms with Crippen LogP contribution in [0.15, 0.2) is 106 Å². The molecule has 3 aliphatic heterocycles. The summed E-state index contributed by atoms with van der Waals surface area (Å²) in [6, 6.07) is 27.9. The summed E-state index contributed by atoms with van der Waals surface area (Å²) in [5.41, 5.74) is 8.79. The number of imide groups is 2. The van der Waals surface area contributed by atoms with E-state index in [1.54, 1.807) is 14.1 Å². The Kier molecular flexibility index (Phi) is 7.38. The van der Waals surface area contributed by atoms with Gasteiger partial charge in [0.25, 0.3) is 0 Å². The van der Waals surface area contributed by atoms with Gasteiger partial charge in [0.05, 0.1) is 29.7 Å². The average molecular weight is 848 g/mol. The van der Waals surface area contributed by atoms with Crippen LogP contribution < -0.4 is 5.32 Å². The Bertz CT molecular complexity index is 2770. The van der Waals surface area contributed by atoms with Gasteiger partial charge in [0.1, 0.15) is 0 Å². The molecule has 6 heterocycles. The quantitative estimate of drug-likeness (QED) is 0.130. The van der Waals surface area contributed by atoms with Crippen LogP contribution in [-0.2, 0) is 19.2 Å². The summed E-state index contributed by atoms with van der Waals surface area (Å²) >= 11 is 7.05. The van der Waals surface area contributed by atoms with Crippen molar-refractivity contribution in [3.05, 3.63) is 134 Å². The molecule has 270 valence electrons. The number of hydrogen-bond donors (Lipinski definition) is 4. The first kappa shape index (κ1) is 33.1. The van der Waals surface area contributed by atoms with E-state index in [1.165, 1.54) is 9.80 Å². The second kappa shape index (κ2) is 12.0. The summed E-state index contributed by atoms with van der Waals surface area (Å²) in [5.74, 6) is -2.46. The largest absolute Gasteiger partial charge is 0.376 e. The third-order valence-electron chi connectivity index (χ3n) is 11.9. The predicted molar refractivity (Wildman–Crippen MR) is 215 cm³/mol. The lowest BCUT2D eigenvalue weighted by atomic mass is 9.68. The molecule has 4 N–H and O–H groups in total. The highest BCUT2D eigenvalue weighted by molar-refractivity contribution is 9.10. The molecule has 6 atom stereocenters. The number of likely N-dealkylation sites (N-methyl/N-ethyl adjacent to an activating group) is 2. The summed E-state index contributed by atoms with van der Waals surface area (Å²) in [6.07, 6.45) is 3.71. The number of nitrogens with zero attached hydrogens (tertiary/aromatic N) is 2. The molecule has 4 amide bonds. The number of amides is 4. The van der Waals surface area contributed by atoms with Crippen molar-refractivity contribution in [1.29, 1.82) is 0 Å². The molecule has 12 heteroatoms. The van der Waals surface area contributed by atoms with E-state index in [0.717, 1.165) is 75.3 Å². The first-order valence-electron chi connectivity index (χ1n) is 17.7.